The second kappa shape index (κ2) is 10.9. The second-order valence-corrected chi connectivity index (χ2v) is 8.15. The number of amides is 2. The molecule has 0 unspecified atom stereocenters. The fourth-order valence-corrected chi connectivity index (χ4v) is 4.07. The molecule has 13 nitrogen and oxygen atoms in total. The van der Waals surface area contributed by atoms with Gasteiger partial charge in [0.05, 0.1) is 34.5 Å². The van der Waals surface area contributed by atoms with Crippen LogP contribution in [0.1, 0.15) is 19.4 Å². The maximum atomic E-state index is 12.8. The lowest BCUT2D eigenvalue weighted by molar-refractivity contribution is -0.394. The first-order valence-corrected chi connectivity index (χ1v) is 11.1. The molecule has 0 N–H and O–H groups in total. The van der Waals surface area contributed by atoms with Crippen molar-refractivity contribution >= 4 is 46.3 Å². The van der Waals surface area contributed by atoms with Crippen LogP contribution in [0.5, 0.6) is 17.2 Å². The van der Waals surface area contributed by atoms with E-state index >= 15 is 0 Å². The summed E-state index contributed by atoms with van der Waals surface area (Å²) < 4.78 is 15.8. The van der Waals surface area contributed by atoms with Crippen LogP contribution in [0.25, 0.3) is 6.08 Å². The topological polar surface area (TPSA) is 168 Å². The molecule has 1 heterocycles. The molecular weight excluding hydrogens is 498 g/mol. The van der Waals surface area contributed by atoms with E-state index in [1.807, 2.05) is 0 Å². The molecule has 0 aromatic heterocycles. The number of ether oxygens (including phenoxy) is 3. The highest BCUT2D eigenvalue weighted by Crippen LogP contribution is 2.39. The summed E-state index contributed by atoms with van der Waals surface area (Å²) in [5.74, 6) is -1.41. The van der Waals surface area contributed by atoms with Gasteiger partial charge in [0.1, 0.15) is 6.04 Å². The lowest BCUT2D eigenvalue weighted by Gasteiger charge is -2.19. The summed E-state index contributed by atoms with van der Waals surface area (Å²) in [6.07, 6.45) is 1.42. The molecular formula is C22H19N3O10S. The maximum absolute atomic E-state index is 12.8. The maximum Gasteiger partial charge on any atom is 0.329 e. The molecule has 188 valence electrons. The van der Waals surface area contributed by atoms with E-state index in [4.69, 9.17) is 14.2 Å². The lowest BCUT2D eigenvalue weighted by atomic mass is 10.1. The Bertz CT molecular complexity index is 1290. The van der Waals surface area contributed by atoms with Crippen LogP contribution in [0.3, 0.4) is 0 Å². The van der Waals surface area contributed by atoms with E-state index in [1.165, 1.54) is 38.3 Å². The van der Waals surface area contributed by atoms with Gasteiger partial charge in [-0.2, -0.15) is 0 Å². The van der Waals surface area contributed by atoms with E-state index in [0.29, 0.717) is 17.3 Å². The van der Waals surface area contributed by atoms with Crippen molar-refractivity contribution in [3.05, 3.63) is 67.1 Å². The summed E-state index contributed by atoms with van der Waals surface area (Å²) >= 11 is 0.658. The van der Waals surface area contributed by atoms with Crippen LogP contribution in [0.15, 0.2) is 41.3 Å². The standard InChI is InChI=1S/C22H19N3O10S/c1-4-34-21(27)12(2)23-20(26)19(36-22(23)28)10-13-5-7-17(18(9-13)33-3)35-16-8-6-14(24(29)30)11-15(16)25(31)32/h5-12H,4H2,1-3H3/b19-10+/t12-/m0/s1. The zero-order chi connectivity index (χ0) is 26.6. The zero-order valence-electron chi connectivity index (χ0n) is 19.2. The van der Waals surface area contributed by atoms with Gasteiger partial charge in [-0.1, -0.05) is 6.07 Å². The van der Waals surface area contributed by atoms with E-state index in [1.54, 1.807) is 6.92 Å². The molecule has 0 aliphatic carbocycles. The van der Waals surface area contributed by atoms with E-state index in [2.05, 4.69) is 0 Å². The summed E-state index contributed by atoms with van der Waals surface area (Å²) in [6.45, 7) is 3.11. The van der Waals surface area contributed by atoms with Crippen LogP contribution in [0.2, 0.25) is 0 Å². The fourth-order valence-electron chi connectivity index (χ4n) is 3.16. The van der Waals surface area contributed by atoms with E-state index in [0.717, 1.165) is 23.1 Å². The molecule has 2 amide bonds. The molecule has 2 aromatic rings. The Balaban J connectivity index is 1.88. The number of imide groups is 1. The third kappa shape index (κ3) is 5.43. The SMILES string of the molecule is CCOC(=O)[C@H](C)N1C(=O)S/C(=C/c2ccc(Oc3ccc([N+](=O)[O-])cc3[N+](=O)[O-])c(OC)c2)C1=O. The van der Waals surface area contributed by atoms with E-state index < -0.39 is 44.4 Å². The minimum atomic E-state index is -1.09. The molecule has 1 atom stereocenters. The van der Waals surface area contributed by atoms with Crippen molar-refractivity contribution in [2.75, 3.05) is 13.7 Å². The van der Waals surface area contributed by atoms with Crippen molar-refractivity contribution in [3.8, 4) is 17.2 Å². The van der Waals surface area contributed by atoms with E-state index in [-0.39, 0.29) is 28.8 Å². The molecule has 1 fully saturated rings. The first-order valence-electron chi connectivity index (χ1n) is 10.3. The largest absolute Gasteiger partial charge is 0.493 e. The summed E-state index contributed by atoms with van der Waals surface area (Å²) in [6, 6.07) is 6.25. The lowest BCUT2D eigenvalue weighted by Crippen LogP contribution is -2.42. The number of nitro benzene ring substituents is 2. The minimum absolute atomic E-state index is 0.0654. The first-order chi connectivity index (χ1) is 17.1. The van der Waals surface area contributed by atoms with Gasteiger partial charge in [-0.25, -0.2) is 4.79 Å². The quantitative estimate of drug-likeness (QED) is 0.201. The third-order valence-corrected chi connectivity index (χ3v) is 5.78. The second-order valence-electron chi connectivity index (χ2n) is 7.16. The Kier molecular flexibility index (Phi) is 7.89. The van der Waals surface area contributed by atoms with Gasteiger partial charge in [-0.15, -0.1) is 0 Å². The summed E-state index contributed by atoms with van der Waals surface area (Å²) in [5.41, 5.74) is -0.644. The van der Waals surface area contributed by atoms with Gasteiger partial charge in [-0.05, 0) is 55.4 Å². The van der Waals surface area contributed by atoms with Gasteiger partial charge < -0.3 is 14.2 Å². The molecule has 36 heavy (non-hydrogen) atoms. The highest BCUT2D eigenvalue weighted by molar-refractivity contribution is 8.18. The molecule has 14 heteroatoms. The Morgan fingerprint density at radius 1 is 1.08 bits per heavy atom. The van der Waals surface area contributed by atoms with Crippen LogP contribution in [0.4, 0.5) is 16.2 Å². The number of thioether (sulfide) groups is 1. The fraction of sp³-hybridized carbons (Fsp3) is 0.227. The van der Waals surface area contributed by atoms with Crippen molar-refractivity contribution in [2.24, 2.45) is 0 Å². The number of methoxy groups -OCH3 is 1. The summed E-state index contributed by atoms with van der Waals surface area (Å²) in [5, 5.41) is 21.7. The number of hydrogen-bond acceptors (Lipinski definition) is 11. The van der Waals surface area contributed by atoms with Crippen molar-refractivity contribution < 1.29 is 38.4 Å². The van der Waals surface area contributed by atoms with Crippen molar-refractivity contribution in [1.82, 2.24) is 4.90 Å². The molecule has 0 radical (unpaired) electrons. The monoisotopic (exact) mass is 517 g/mol. The predicted octanol–water partition coefficient (Wildman–Crippen LogP) is 4.29. The van der Waals surface area contributed by atoms with Crippen LogP contribution in [0, 0.1) is 20.2 Å². The summed E-state index contributed by atoms with van der Waals surface area (Å²) in [4.78, 5) is 58.7. The number of carbonyl (C=O) groups excluding carboxylic acids is 3. The first kappa shape index (κ1) is 26.2. The molecule has 2 aromatic carbocycles. The zero-order valence-corrected chi connectivity index (χ0v) is 20.0. The molecule has 0 saturated carbocycles. The number of non-ortho nitro benzene ring substituents is 1. The van der Waals surface area contributed by atoms with Gasteiger partial charge in [0, 0.05) is 6.07 Å². The van der Waals surface area contributed by atoms with Crippen LogP contribution in [-0.2, 0) is 14.3 Å². The summed E-state index contributed by atoms with van der Waals surface area (Å²) in [7, 11) is 1.32. The predicted molar refractivity (Wildman–Crippen MR) is 127 cm³/mol. The van der Waals surface area contributed by atoms with Gasteiger partial charge in [-0.3, -0.25) is 34.7 Å². The molecule has 3 rings (SSSR count). The number of esters is 1. The highest BCUT2D eigenvalue weighted by atomic mass is 32.2. The van der Waals surface area contributed by atoms with Gasteiger partial charge in [0.15, 0.2) is 11.5 Å². The van der Waals surface area contributed by atoms with Crippen LogP contribution >= 0.6 is 11.8 Å². The van der Waals surface area contributed by atoms with E-state index in [9.17, 15) is 34.6 Å². The number of carbonyl (C=O) groups is 3. The molecule has 1 aliphatic rings. The van der Waals surface area contributed by atoms with Crippen molar-refractivity contribution in [1.29, 1.82) is 0 Å². The Morgan fingerprint density at radius 2 is 1.78 bits per heavy atom. The average molecular weight is 517 g/mol. The number of rotatable bonds is 9. The Morgan fingerprint density at radius 3 is 2.39 bits per heavy atom. The number of nitrogens with zero attached hydrogens (tertiary/aromatic N) is 3. The van der Waals surface area contributed by atoms with Crippen molar-refractivity contribution in [3.63, 3.8) is 0 Å². The van der Waals surface area contributed by atoms with Crippen LogP contribution in [-0.4, -0.2) is 51.6 Å². The van der Waals surface area contributed by atoms with Crippen molar-refractivity contribution in [2.45, 2.75) is 19.9 Å². The highest BCUT2D eigenvalue weighted by Gasteiger charge is 2.41. The van der Waals surface area contributed by atoms with Gasteiger partial charge in [0.25, 0.3) is 16.8 Å². The number of benzene rings is 2. The van der Waals surface area contributed by atoms with Crippen LogP contribution < -0.4 is 9.47 Å². The third-order valence-electron chi connectivity index (χ3n) is 4.89. The molecule has 1 aliphatic heterocycles. The molecule has 1 saturated heterocycles. The average Bonchev–Trinajstić information content (AvgIpc) is 3.11. The Hall–Kier alpha value is -4.46. The number of nitro groups is 2. The number of hydrogen-bond donors (Lipinski definition) is 0. The van der Waals surface area contributed by atoms with Gasteiger partial charge in [0.2, 0.25) is 5.75 Å². The minimum Gasteiger partial charge on any atom is -0.493 e. The molecule has 0 spiro atoms. The smallest absolute Gasteiger partial charge is 0.329 e. The molecule has 0 bridgehead atoms. The van der Waals surface area contributed by atoms with Gasteiger partial charge >= 0.3 is 11.7 Å². The Labute approximate surface area is 207 Å². The normalized spacial score (nSPS) is 15.1.